The summed E-state index contributed by atoms with van der Waals surface area (Å²) in [6, 6.07) is 0. The quantitative estimate of drug-likeness (QED) is 0.394. The topological polar surface area (TPSA) is 23.8 Å². The molecule has 0 heterocycles. The molecule has 2 aliphatic carbocycles. The van der Waals surface area contributed by atoms with Crippen molar-refractivity contribution in [2.45, 2.75) is 77.6 Å². The molecule has 1 saturated carbocycles. The van der Waals surface area contributed by atoms with E-state index in [1.807, 2.05) is 0 Å². The fourth-order valence-electron chi connectivity index (χ4n) is 2.92. The van der Waals surface area contributed by atoms with Crippen LogP contribution in [-0.4, -0.2) is 6.54 Å². The van der Waals surface area contributed by atoms with Gasteiger partial charge in [0.05, 0.1) is 0 Å². The van der Waals surface area contributed by atoms with Crippen LogP contribution in [0, 0.1) is 12.3 Å². The number of fused-ring (bicyclic) bond motifs is 1. The third-order valence-electron chi connectivity index (χ3n) is 4.24. The Kier molecular flexibility index (Phi) is 25.9. The number of hydrogen-bond donors (Lipinski definition) is 0. The molecule has 0 aromatic heterocycles. The van der Waals surface area contributed by atoms with Crippen LogP contribution in [0.5, 0.6) is 0 Å². The molecule has 0 aliphatic heterocycles. The molecule has 2 aliphatic rings. The summed E-state index contributed by atoms with van der Waals surface area (Å²) in [6.07, 6.45) is 23.7. The van der Waals surface area contributed by atoms with Crippen LogP contribution in [0.3, 0.4) is 0 Å². The molecule has 132 valence electrons. The molecular weight excluding hydrogens is 404 g/mol. The van der Waals surface area contributed by atoms with Gasteiger partial charge >= 0.3 is 26.2 Å². The third kappa shape index (κ3) is 14.8. The maximum absolute atomic E-state index is 6.95. The normalized spacial score (nSPS) is 17.1. The second-order valence-electron chi connectivity index (χ2n) is 6.03. The van der Waals surface area contributed by atoms with E-state index in [9.17, 15) is 0 Å². The van der Waals surface area contributed by atoms with E-state index in [2.05, 4.69) is 31.6 Å². The summed E-state index contributed by atoms with van der Waals surface area (Å²) in [5, 5.41) is 0. The molecule has 1 unspecified atom stereocenters. The number of rotatable bonds is 8. The minimum Gasteiger partial charge on any atom is -1.00 e. The molecule has 2 rings (SSSR count). The van der Waals surface area contributed by atoms with Crippen molar-refractivity contribution in [3.8, 4) is 0 Å². The largest absolute Gasteiger partial charge is 4.00 e. The monoisotopic (exact) mass is 435 g/mol. The number of unbranched alkanes of at least 4 members (excludes halogenated alkanes) is 7. The molecule has 0 spiro atoms. The minimum atomic E-state index is 0. The molecule has 0 radical (unpaired) electrons. The Hall–Kier alpha value is 0.773. The van der Waals surface area contributed by atoms with Crippen molar-refractivity contribution in [1.29, 1.82) is 0 Å². The summed E-state index contributed by atoms with van der Waals surface area (Å²) in [4.78, 5) is 0. The molecule has 1 nitrogen and oxygen atoms in total. The third-order valence-corrected chi connectivity index (χ3v) is 4.24. The number of hydrogen-bond acceptors (Lipinski definition) is 0. The van der Waals surface area contributed by atoms with Gasteiger partial charge in [-0.15, -0.1) is 18.6 Å². The first-order chi connectivity index (χ1) is 9.88. The number of allylic oxidation sites excluding steroid dienone is 4. The van der Waals surface area contributed by atoms with Gasteiger partial charge in [-0.25, -0.2) is 18.1 Å². The van der Waals surface area contributed by atoms with Crippen molar-refractivity contribution in [2.75, 3.05) is 6.54 Å². The van der Waals surface area contributed by atoms with Crippen LogP contribution in [0.2, 0.25) is 0 Å². The predicted molar refractivity (Wildman–Crippen MR) is 90.7 cm³/mol. The molecule has 1 fully saturated rings. The molecular formula is C19H33Cl2NZr. The molecule has 0 amide bonds. The van der Waals surface area contributed by atoms with Crippen molar-refractivity contribution < 1.29 is 51.0 Å². The van der Waals surface area contributed by atoms with Crippen LogP contribution in [0.25, 0.3) is 5.73 Å². The van der Waals surface area contributed by atoms with Gasteiger partial charge in [0, 0.05) is 0 Å². The average molecular weight is 438 g/mol. The molecule has 0 aromatic rings. The fourth-order valence-corrected chi connectivity index (χ4v) is 2.92. The van der Waals surface area contributed by atoms with Crippen molar-refractivity contribution in [2.24, 2.45) is 5.92 Å². The van der Waals surface area contributed by atoms with Gasteiger partial charge in [-0.05, 0) is 12.3 Å². The Morgan fingerprint density at radius 2 is 1.65 bits per heavy atom. The van der Waals surface area contributed by atoms with Crippen LogP contribution < -0.4 is 24.8 Å². The summed E-state index contributed by atoms with van der Waals surface area (Å²) in [5.74, 6) is 0.884. The van der Waals surface area contributed by atoms with Gasteiger partial charge in [-0.2, -0.15) is 6.54 Å². The van der Waals surface area contributed by atoms with Crippen LogP contribution in [0.4, 0.5) is 0 Å². The molecule has 1 N–H and O–H groups in total. The SMILES string of the molecule is C1=CCC2CC[CH-]C2=C1.CCCCCCCCCC[NH-].[Cl-].[Cl-].[Zr+4]. The van der Waals surface area contributed by atoms with Gasteiger partial charge in [0.15, 0.2) is 0 Å². The Labute approximate surface area is 176 Å². The van der Waals surface area contributed by atoms with E-state index < -0.39 is 0 Å². The second-order valence-corrected chi connectivity index (χ2v) is 6.03. The maximum Gasteiger partial charge on any atom is 4.00 e. The van der Waals surface area contributed by atoms with E-state index in [-0.39, 0.29) is 51.0 Å². The van der Waals surface area contributed by atoms with E-state index in [1.54, 1.807) is 5.57 Å². The van der Waals surface area contributed by atoms with E-state index in [0.29, 0.717) is 6.54 Å². The summed E-state index contributed by atoms with van der Waals surface area (Å²) in [7, 11) is 0. The van der Waals surface area contributed by atoms with Crippen molar-refractivity contribution in [3.63, 3.8) is 0 Å². The summed E-state index contributed by atoms with van der Waals surface area (Å²) < 4.78 is 0. The Morgan fingerprint density at radius 1 is 1.04 bits per heavy atom. The number of nitrogens with one attached hydrogen (secondary N) is 1. The summed E-state index contributed by atoms with van der Waals surface area (Å²) in [6.45, 7) is 2.87. The van der Waals surface area contributed by atoms with Crippen LogP contribution in [0.1, 0.15) is 77.6 Å². The van der Waals surface area contributed by atoms with E-state index >= 15 is 0 Å². The molecule has 0 aromatic carbocycles. The zero-order valence-electron chi connectivity index (χ0n) is 14.6. The zero-order chi connectivity index (χ0) is 14.5. The van der Waals surface area contributed by atoms with Crippen LogP contribution >= 0.6 is 0 Å². The second kappa shape index (κ2) is 20.8. The van der Waals surface area contributed by atoms with Crippen molar-refractivity contribution >= 4 is 0 Å². The van der Waals surface area contributed by atoms with Crippen LogP contribution in [-0.2, 0) is 26.2 Å². The smallest absolute Gasteiger partial charge is 1.00 e. The molecule has 0 bridgehead atoms. The first-order valence-corrected chi connectivity index (χ1v) is 8.73. The maximum atomic E-state index is 6.95. The van der Waals surface area contributed by atoms with Gasteiger partial charge in [0.2, 0.25) is 0 Å². The van der Waals surface area contributed by atoms with E-state index in [4.69, 9.17) is 5.73 Å². The minimum absolute atomic E-state index is 0. The van der Waals surface area contributed by atoms with Gasteiger partial charge in [0.25, 0.3) is 0 Å². The van der Waals surface area contributed by atoms with E-state index in [1.165, 1.54) is 64.2 Å². The first kappa shape index (κ1) is 28.6. The fraction of sp³-hybridized carbons (Fsp3) is 0.737. The number of halogens is 2. The summed E-state index contributed by atoms with van der Waals surface area (Å²) >= 11 is 0. The van der Waals surface area contributed by atoms with Gasteiger partial charge in [-0.1, -0.05) is 64.7 Å². The van der Waals surface area contributed by atoms with Gasteiger partial charge < -0.3 is 30.5 Å². The Balaban J connectivity index is -0.000000310. The standard InChI is InChI=1S/C10H22N.C9H11.2ClH.Zr/c1-2-3-4-5-6-7-8-9-10-11;1-2-5-9-7-3-6-8(9)4-1;;;/h11H,2-10H2,1H3;1-2,4,6,9H,3,5,7H2;2*1H;/q2*-1;;;+4/p-2. The van der Waals surface area contributed by atoms with E-state index in [0.717, 1.165) is 12.3 Å². The van der Waals surface area contributed by atoms with Gasteiger partial charge in [0.1, 0.15) is 0 Å². The molecule has 0 saturated heterocycles. The van der Waals surface area contributed by atoms with Crippen molar-refractivity contribution in [3.05, 3.63) is 36.0 Å². The zero-order valence-corrected chi connectivity index (χ0v) is 18.6. The van der Waals surface area contributed by atoms with Crippen molar-refractivity contribution in [1.82, 2.24) is 0 Å². The first-order valence-electron chi connectivity index (χ1n) is 8.73. The summed E-state index contributed by atoms with van der Waals surface area (Å²) in [5.41, 5.74) is 8.53. The average Bonchev–Trinajstić information content (AvgIpc) is 2.95. The molecule has 1 atom stereocenters. The Morgan fingerprint density at radius 3 is 2.22 bits per heavy atom. The Bertz CT molecular complexity index is 285. The molecule has 23 heavy (non-hydrogen) atoms. The predicted octanol–water partition coefficient (Wildman–Crippen LogP) is 0.672. The van der Waals surface area contributed by atoms with Gasteiger partial charge in [-0.3, -0.25) is 0 Å². The molecule has 4 heteroatoms. The van der Waals surface area contributed by atoms with Crippen LogP contribution in [0.15, 0.2) is 23.8 Å².